The molecule has 4 heteroatoms. The molecule has 0 aromatic heterocycles. The summed E-state index contributed by atoms with van der Waals surface area (Å²) in [5.74, 6) is 0.854. The Morgan fingerprint density at radius 2 is 2.33 bits per heavy atom. The Hall–Kier alpha value is -0.610. The van der Waals surface area contributed by atoms with Crippen molar-refractivity contribution in [2.45, 2.75) is 45.6 Å². The van der Waals surface area contributed by atoms with Gasteiger partial charge >= 0.3 is 0 Å². The van der Waals surface area contributed by atoms with Gasteiger partial charge in [-0.1, -0.05) is 13.3 Å². The van der Waals surface area contributed by atoms with E-state index in [0.717, 1.165) is 32.5 Å². The monoisotopic (exact) mass is 255 g/mol. The quantitative estimate of drug-likeness (QED) is 0.719. The number of piperidine rings is 1. The van der Waals surface area contributed by atoms with E-state index < -0.39 is 0 Å². The first-order chi connectivity index (χ1) is 8.61. The van der Waals surface area contributed by atoms with Gasteiger partial charge in [0, 0.05) is 12.6 Å². The van der Waals surface area contributed by atoms with Crippen molar-refractivity contribution in [2.75, 3.05) is 33.2 Å². The molecule has 0 aromatic rings. The molecule has 4 nitrogen and oxygen atoms in total. The van der Waals surface area contributed by atoms with Crippen LogP contribution in [0.2, 0.25) is 0 Å². The molecular weight excluding hydrogens is 226 g/mol. The molecule has 0 aliphatic carbocycles. The molecule has 2 N–H and O–H groups in total. The Bertz CT molecular complexity index is 239. The van der Waals surface area contributed by atoms with Gasteiger partial charge in [-0.25, -0.2) is 0 Å². The maximum atomic E-state index is 11.8. The Kier molecular flexibility index (Phi) is 7.28. The van der Waals surface area contributed by atoms with E-state index in [9.17, 15) is 4.79 Å². The largest absolute Gasteiger partial charge is 0.353 e. The number of nitrogens with one attached hydrogen (secondary N) is 2. The summed E-state index contributed by atoms with van der Waals surface area (Å²) in [6.45, 7) is 8.00. The van der Waals surface area contributed by atoms with E-state index in [1.807, 2.05) is 7.05 Å². The highest BCUT2D eigenvalue weighted by Crippen LogP contribution is 2.10. The van der Waals surface area contributed by atoms with E-state index in [1.165, 1.54) is 12.8 Å². The fraction of sp³-hybridized carbons (Fsp3) is 0.929. The molecule has 0 aromatic carbocycles. The summed E-state index contributed by atoms with van der Waals surface area (Å²) >= 11 is 0. The molecule has 1 aliphatic rings. The van der Waals surface area contributed by atoms with Crippen molar-refractivity contribution in [2.24, 2.45) is 5.92 Å². The fourth-order valence-electron chi connectivity index (χ4n) is 2.66. The minimum absolute atomic E-state index is 0.155. The van der Waals surface area contributed by atoms with Gasteiger partial charge in [-0.15, -0.1) is 0 Å². The summed E-state index contributed by atoms with van der Waals surface area (Å²) in [7, 11) is 2.04. The fourth-order valence-corrected chi connectivity index (χ4v) is 2.66. The second kappa shape index (κ2) is 8.48. The first-order valence-corrected chi connectivity index (χ1v) is 7.30. The Morgan fingerprint density at radius 1 is 1.56 bits per heavy atom. The van der Waals surface area contributed by atoms with Crippen LogP contribution in [0.3, 0.4) is 0 Å². The lowest BCUT2D eigenvalue weighted by molar-refractivity contribution is -0.122. The zero-order valence-electron chi connectivity index (χ0n) is 12.2. The minimum Gasteiger partial charge on any atom is -0.353 e. The first kappa shape index (κ1) is 15.4. The van der Waals surface area contributed by atoms with Crippen LogP contribution in [0.4, 0.5) is 0 Å². The third kappa shape index (κ3) is 6.36. The van der Waals surface area contributed by atoms with Gasteiger partial charge in [-0.2, -0.15) is 0 Å². The molecule has 0 radical (unpaired) electrons. The molecule has 0 saturated carbocycles. The number of likely N-dealkylation sites (N-methyl/N-ethyl adjacent to an activating group) is 1. The number of rotatable bonds is 7. The van der Waals surface area contributed by atoms with Crippen LogP contribution in [-0.4, -0.2) is 50.1 Å². The van der Waals surface area contributed by atoms with Crippen LogP contribution >= 0.6 is 0 Å². The third-order valence-electron chi connectivity index (χ3n) is 3.51. The van der Waals surface area contributed by atoms with Crippen molar-refractivity contribution in [1.82, 2.24) is 15.5 Å². The topological polar surface area (TPSA) is 44.4 Å². The molecule has 2 atom stereocenters. The zero-order chi connectivity index (χ0) is 13.4. The summed E-state index contributed by atoms with van der Waals surface area (Å²) in [5.41, 5.74) is 0. The van der Waals surface area contributed by atoms with Gasteiger partial charge in [-0.3, -0.25) is 9.69 Å². The van der Waals surface area contributed by atoms with Gasteiger partial charge in [-0.05, 0) is 52.2 Å². The second-order valence-corrected chi connectivity index (χ2v) is 5.67. The highest BCUT2D eigenvalue weighted by Gasteiger charge is 2.16. The Morgan fingerprint density at radius 3 is 2.94 bits per heavy atom. The second-order valence-electron chi connectivity index (χ2n) is 5.67. The van der Waals surface area contributed by atoms with Gasteiger partial charge in [0.05, 0.1) is 6.54 Å². The number of hydrogen-bond acceptors (Lipinski definition) is 3. The lowest BCUT2D eigenvalue weighted by atomic mass is 9.99. The molecule has 0 bridgehead atoms. The maximum Gasteiger partial charge on any atom is 0.234 e. The molecule has 1 fully saturated rings. The van der Waals surface area contributed by atoms with E-state index in [-0.39, 0.29) is 5.91 Å². The molecule has 1 amide bonds. The van der Waals surface area contributed by atoms with Crippen LogP contribution in [0.5, 0.6) is 0 Å². The Labute approximate surface area is 111 Å². The van der Waals surface area contributed by atoms with Crippen molar-refractivity contribution < 1.29 is 4.79 Å². The summed E-state index contributed by atoms with van der Waals surface area (Å²) in [5, 5.41) is 6.47. The van der Waals surface area contributed by atoms with Crippen LogP contribution < -0.4 is 10.6 Å². The summed E-state index contributed by atoms with van der Waals surface area (Å²) < 4.78 is 0. The molecule has 2 unspecified atom stereocenters. The predicted molar refractivity (Wildman–Crippen MR) is 75.6 cm³/mol. The minimum atomic E-state index is 0.155. The highest BCUT2D eigenvalue weighted by molar-refractivity contribution is 5.78. The molecule has 0 spiro atoms. The van der Waals surface area contributed by atoms with Crippen LogP contribution in [0.1, 0.15) is 39.5 Å². The lowest BCUT2D eigenvalue weighted by Gasteiger charge is -2.27. The number of hydrogen-bond donors (Lipinski definition) is 2. The highest BCUT2D eigenvalue weighted by atomic mass is 16.2. The lowest BCUT2D eigenvalue weighted by Crippen LogP contribution is -2.43. The van der Waals surface area contributed by atoms with Crippen molar-refractivity contribution in [1.29, 1.82) is 0 Å². The molecule has 1 heterocycles. The van der Waals surface area contributed by atoms with Crippen LogP contribution in [0.25, 0.3) is 0 Å². The normalized spacial score (nSPS) is 21.9. The average molecular weight is 255 g/mol. The standard InChI is InChI=1S/C14H29N3O/c1-4-6-12(2)16-14(18)11-17(3)10-13-7-5-8-15-9-13/h12-13,15H,4-11H2,1-3H3,(H,16,18). The van der Waals surface area contributed by atoms with E-state index in [1.54, 1.807) is 0 Å². The van der Waals surface area contributed by atoms with Gasteiger partial charge in [0.15, 0.2) is 0 Å². The molecule has 1 saturated heterocycles. The van der Waals surface area contributed by atoms with Crippen molar-refractivity contribution in [3.8, 4) is 0 Å². The van der Waals surface area contributed by atoms with Gasteiger partial charge in [0.25, 0.3) is 0 Å². The van der Waals surface area contributed by atoms with E-state index >= 15 is 0 Å². The first-order valence-electron chi connectivity index (χ1n) is 7.30. The molecular formula is C14H29N3O. The smallest absolute Gasteiger partial charge is 0.234 e. The van der Waals surface area contributed by atoms with Crippen molar-refractivity contribution in [3.05, 3.63) is 0 Å². The number of nitrogens with zero attached hydrogens (tertiary/aromatic N) is 1. The van der Waals surface area contributed by atoms with Crippen molar-refractivity contribution >= 4 is 5.91 Å². The zero-order valence-corrected chi connectivity index (χ0v) is 12.2. The summed E-state index contributed by atoms with van der Waals surface area (Å²) in [6.07, 6.45) is 4.72. The van der Waals surface area contributed by atoms with E-state index in [0.29, 0.717) is 18.5 Å². The van der Waals surface area contributed by atoms with E-state index in [4.69, 9.17) is 0 Å². The van der Waals surface area contributed by atoms with Gasteiger partial charge in [0.2, 0.25) is 5.91 Å². The summed E-state index contributed by atoms with van der Waals surface area (Å²) in [6, 6.07) is 0.298. The number of carbonyl (C=O) groups is 1. The van der Waals surface area contributed by atoms with E-state index in [2.05, 4.69) is 29.4 Å². The van der Waals surface area contributed by atoms with Crippen LogP contribution in [0, 0.1) is 5.92 Å². The predicted octanol–water partition coefficient (Wildman–Crippen LogP) is 1.22. The maximum absolute atomic E-state index is 11.8. The Balaban J connectivity index is 2.17. The molecule has 1 rings (SSSR count). The SMILES string of the molecule is CCCC(C)NC(=O)CN(C)CC1CCCNC1. The van der Waals surface area contributed by atoms with Gasteiger partial charge in [0.1, 0.15) is 0 Å². The molecule has 1 aliphatic heterocycles. The third-order valence-corrected chi connectivity index (χ3v) is 3.51. The van der Waals surface area contributed by atoms with Gasteiger partial charge < -0.3 is 10.6 Å². The van der Waals surface area contributed by atoms with Crippen molar-refractivity contribution in [3.63, 3.8) is 0 Å². The van der Waals surface area contributed by atoms with Crippen LogP contribution in [-0.2, 0) is 4.79 Å². The summed E-state index contributed by atoms with van der Waals surface area (Å²) in [4.78, 5) is 14.0. The molecule has 18 heavy (non-hydrogen) atoms. The number of carbonyl (C=O) groups excluding carboxylic acids is 1. The average Bonchev–Trinajstić information content (AvgIpc) is 2.29. The molecule has 106 valence electrons. The number of amides is 1. The van der Waals surface area contributed by atoms with Crippen LogP contribution in [0.15, 0.2) is 0 Å².